The number of carbonyl (C=O) groups is 2. The summed E-state index contributed by atoms with van der Waals surface area (Å²) < 4.78 is 4.88. The molecule has 2 aromatic rings. The van der Waals surface area contributed by atoms with E-state index in [0.29, 0.717) is 5.56 Å². The van der Waals surface area contributed by atoms with Crippen molar-refractivity contribution in [3.05, 3.63) is 60.2 Å². The second-order valence-corrected chi connectivity index (χ2v) is 3.46. The molecule has 0 N–H and O–H groups in total. The minimum absolute atomic E-state index is 0.275. The number of aromatic nitrogens is 2. The molecule has 0 aliphatic carbocycles. The number of rotatable bonds is 4. The van der Waals surface area contributed by atoms with E-state index in [1.807, 2.05) is 0 Å². The molecule has 0 spiro atoms. The maximum absolute atomic E-state index is 11.6. The van der Waals surface area contributed by atoms with Crippen molar-refractivity contribution in [3.8, 4) is 0 Å². The molecule has 0 atom stereocenters. The SMILES string of the molecule is O=C(OCC(=O)c1ccccn1)c1cccnc1. The molecule has 5 nitrogen and oxygen atoms in total. The molecular formula is C13H10N2O3. The zero-order valence-corrected chi connectivity index (χ0v) is 9.45. The first kappa shape index (κ1) is 11.9. The summed E-state index contributed by atoms with van der Waals surface area (Å²) in [5, 5.41) is 0. The Bertz CT molecular complexity index is 489. The molecular weight excluding hydrogens is 232 g/mol. The van der Waals surface area contributed by atoms with E-state index in [0.717, 1.165) is 0 Å². The van der Waals surface area contributed by atoms with Crippen LogP contribution in [-0.4, -0.2) is 28.3 Å². The fourth-order valence-corrected chi connectivity index (χ4v) is 1.30. The first-order chi connectivity index (χ1) is 8.77. The Hall–Kier alpha value is -2.56. The van der Waals surface area contributed by atoms with Gasteiger partial charge in [-0.2, -0.15) is 0 Å². The summed E-state index contributed by atoms with van der Waals surface area (Å²) in [4.78, 5) is 30.8. The van der Waals surface area contributed by atoms with Crippen LogP contribution >= 0.6 is 0 Å². The van der Waals surface area contributed by atoms with Crippen LogP contribution in [0.4, 0.5) is 0 Å². The lowest BCUT2D eigenvalue weighted by Crippen LogP contribution is -2.15. The van der Waals surface area contributed by atoms with Crippen molar-refractivity contribution in [1.29, 1.82) is 0 Å². The van der Waals surface area contributed by atoms with Crippen molar-refractivity contribution in [2.24, 2.45) is 0 Å². The molecule has 0 unspecified atom stereocenters. The molecule has 0 aliphatic rings. The molecule has 0 aliphatic heterocycles. The van der Waals surface area contributed by atoms with E-state index in [1.165, 1.54) is 12.4 Å². The van der Waals surface area contributed by atoms with Crippen LogP contribution in [0.1, 0.15) is 20.8 Å². The van der Waals surface area contributed by atoms with Gasteiger partial charge >= 0.3 is 5.97 Å². The van der Waals surface area contributed by atoms with Crippen molar-refractivity contribution < 1.29 is 14.3 Å². The molecule has 2 heterocycles. The highest BCUT2D eigenvalue weighted by molar-refractivity contribution is 5.97. The van der Waals surface area contributed by atoms with Crippen molar-refractivity contribution in [3.63, 3.8) is 0 Å². The van der Waals surface area contributed by atoms with Crippen LogP contribution in [0.3, 0.4) is 0 Å². The van der Waals surface area contributed by atoms with Gasteiger partial charge in [0.1, 0.15) is 5.69 Å². The van der Waals surface area contributed by atoms with E-state index in [-0.39, 0.29) is 18.1 Å². The minimum atomic E-state index is -0.576. The molecule has 5 heteroatoms. The average Bonchev–Trinajstić information content (AvgIpc) is 2.46. The summed E-state index contributed by atoms with van der Waals surface area (Å²) in [6.07, 6.45) is 4.44. The van der Waals surface area contributed by atoms with Crippen molar-refractivity contribution in [2.75, 3.05) is 6.61 Å². The van der Waals surface area contributed by atoms with Crippen LogP contribution < -0.4 is 0 Å². The number of pyridine rings is 2. The standard InChI is InChI=1S/C13H10N2O3/c16-12(11-5-1-2-7-15-11)9-18-13(17)10-4-3-6-14-8-10/h1-8H,9H2. The number of ketones is 1. The van der Waals surface area contributed by atoms with Gasteiger partial charge in [0.2, 0.25) is 5.78 Å². The van der Waals surface area contributed by atoms with Crippen molar-refractivity contribution in [2.45, 2.75) is 0 Å². The molecule has 90 valence electrons. The van der Waals surface area contributed by atoms with Gasteiger partial charge < -0.3 is 4.74 Å². The van der Waals surface area contributed by atoms with Gasteiger partial charge in [0.15, 0.2) is 6.61 Å². The Kier molecular flexibility index (Phi) is 3.76. The van der Waals surface area contributed by atoms with E-state index in [2.05, 4.69) is 9.97 Å². The summed E-state index contributed by atoms with van der Waals surface area (Å²) in [5.41, 5.74) is 0.586. The fraction of sp³-hybridized carbons (Fsp3) is 0.0769. The first-order valence-corrected chi connectivity index (χ1v) is 5.29. The van der Waals surface area contributed by atoms with Gasteiger partial charge in [-0.15, -0.1) is 0 Å². The zero-order valence-electron chi connectivity index (χ0n) is 9.45. The predicted octanol–water partition coefficient (Wildman–Crippen LogP) is 1.52. The van der Waals surface area contributed by atoms with Crippen molar-refractivity contribution in [1.82, 2.24) is 9.97 Å². The summed E-state index contributed by atoms with van der Waals surface area (Å²) in [5.74, 6) is -0.916. The van der Waals surface area contributed by atoms with Crippen LogP contribution in [0.2, 0.25) is 0 Å². The second-order valence-electron chi connectivity index (χ2n) is 3.46. The summed E-state index contributed by atoms with van der Waals surface area (Å²) in [6, 6.07) is 8.17. The number of ether oxygens (including phenoxy) is 1. The Balaban J connectivity index is 1.93. The number of esters is 1. The van der Waals surface area contributed by atoms with Crippen LogP contribution in [0, 0.1) is 0 Å². The Labute approximate surface area is 103 Å². The molecule has 0 aromatic carbocycles. The number of hydrogen-bond acceptors (Lipinski definition) is 5. The summed E-state index contributed by atoms with van der Waals surface area (Å²) in [7, 11) is 0. The lowest BCUT2D eigenvalue weighted by atomic mass is 10.2. The highest BCUT2D eigenvalue weighted by Crippen LogP contribution is 2.01. The lowest BCUT2D eigenvalue weighted by molar-refractivity contribution is 0.0473. The molecule has 2 aromatic heterocycles. The predicted molar refractivity (Wildman–Crippen MR) is 63.1 cm³/mol. The van der Waals surface area contributed by atoms with Gasteiger partial charge in [-0.3, -0.25) is 14.8 Å². The number of hydrogen-bond donors (Lipinski definition) is 0. The molecule has 0 amide bonds. The average molecular weight is 242 g/mol. The maximum atomic E-state index is 11.6. The lowest BCUT2D eigenvalue weighted by Gasteiger charge is -2.03. The van der Waals surface area contributed by atoms with E-state index in [4.69, 9.17) is 4.74 Å². The van der Waals surface area contributed by atoms with Crippen LogP contribution in [0.25, 0.3) is 0 Å². The number of carbonyl (C=O) groups excluding carboxylic acids is 2. The molecule has 18 heavy (non-hydrogen) atoms. The molecule has 2 rings (SSSR count). The summed E-state index contributed by atoms with van der Waals surface area (Å²) >= 11 is 0. The normalized spacial score (nSPS) is 9.78. The highest BCUT2D eigenvalue weighted by Gasteiger charge is 2.12. The third-order valence-electron chi connectivity index (χ3n) is 2.18. The molecule has 0 saturated carbocycles. The largest absolute Gasteiger partial charge is 0.454 e. The summed E-state index contributed by atoms with van der Waals surface area (Å²) in [6.45, 7) is -0.329. The Morgan fingerprint density at radius 3 is 2.67 bits per heavy atom. The minimum Gasteiger partial charge on any atom is -0.454 e. The monoisotopic (exact) mass is 242 g/mol. The zero-order chi connectivity index (χ0) is 12.8. The molecule has 0 bridgehead atoms. The first-order valence-electron chi connectivity index (χ1n) is 5.29. The van der Waals surface area contributed by atoms with E-state index < -0.39 is 5.97 Å². The Morgan fingerprint density at radius 2 is 2.00 bits per heavy atom. The highest BCUT2D eigenvalue weighted by atomic mass is 16.5. The van der Waals surface area contributed by atoms with Crippen molar-refractivity contribution >= 4 is 11.8 Å². The third kappa shape index (κ3) is 2.98. The molecule has 0 saturated heterocycles. The van der Waals surface area contributed by atoms with Crippen LogP contribution in [-0.2, 0) is 4.74 Å². The van der Waals surface area contributed by atoms with E-state index >= 15 is 0 Å². The Morgan fingerprint density at radius 1 is 1.11 bits per heavy atom. The van der Waals surface area contributed by atoms with Gasteiger partial charge in [0.25, 0.3) is 0 Å². The quantitative estimate of drug-likeness (QED) is 0.600. The van der Waals surface area contributed by atoms with E-state index in [1.54, 1.807) is 36.5 Å². The van der Waals surface area contributed by atoms with Crippen LogP contribution in [0.15, 0.2) is 48.9 Å². The van der Waals surface area contributed by atoms with Gasteiger partial charge in [-0.05, 0) is 24.3 Å². The van der Waals surface area contributed by atoms with Gasteiger partial charge in [-0.25, -0.2) is 4.79 Å². The smallest absolute Gasteiger partial charge is 0.340 e. The topological polar surface area (TPSA) is 69.2 Å². The van der Waals surface area contributed by atoms with E-state index in [9.17, 15) is 9.59 Å². The second kappa shape index (κ2) is 5.67. The fourth-order valence-electron chi connectivity index (χ4n) is 1.30. The van der Waals surface area contributed by atoms with Crippen LogP contribution in [0.5, 0.6) is 0 Å². The molecule has 0 fully saturated rings. The number of nitrogens with zero attached hydrogens (tertiary/aromatic N) is 2. The van der Waals surface area contributed by atoms with Gasteiger partial charge in [0.05, 0.1) is 5.56 Å². The third-order valence-corrected chi connectivity index (χ3v) is 2.18. The van der Waals surface area contributed by atoms with Gasteiger partial charge in [-0.1, -0.05) is 6.07 Å². The maximum Gasteiger partial charge on any atom is 0.340 e. The van der Waals surface area contributed by atoms with Gasteiger partial charge in [0, 0.05) is 18.6 Å². The molecule has 0 radical (unpaired) electrons. The number of Topliss-reactive ketones (excluding diaryl/α,β-unsaturated/α-hetero) is 1.